The molecule has 2 fully saturated rings. The number of rotatable bonds is 7. The topological polar surface area (TPSA) is 54.5 Å². The molecule has 5 rings (SSSR count). The fourth-order valence-corrected chi connectivity index (χ4v) is 10.9. The highest BCUT2D eigenvalue weighted by molar-refractivity contribution is 7.14. The Hall–Kier alpha value is -2.48. The lowest BCUT2D eigenvalue weighted by Gasteiger charge is -2.49. The monoisotopic (exact) mass is 505 g/mol. The SMILES string of the molecule is CC(C)(C)[Si](OC1CN(c2nc(C(=O)NC3CCCC3)cs2)C1)(c1ccccc1)c1ccccc1. The second kappa shape index (κ2) is 9.88. The number of carbonyl (C=O) groups excluding carboxylic acids is 1. The first-order valence-corrected chi connectivity index (χ1v) is 15.5. The molecule has 2 aromatic carbocycles. The van der Waals surface area contributed by atoms with Gasteiger partial charge in [0, 0.05) is 24.5 Å². The lowest BCUT2D eigenvalue weighted by molar-refractivity contribution is 0.0933. The molecule has 2 aliphatic rings. The Morgan fingerprint density at radius 2 is 1.57 bits per heavy atom. The molecule has 1 N–H and O–H groups in total. The fraction of sp³-hybridized carbons (Fsp3) is 0.429. The molecule has 1 amide bonds. The van der Waals surface area contributed by atoms with Crippen LogP contribution in [-0.2, 0) is 4.43 Å². The smallest absolute Gasteiger partial charge is 0.271 e. The van der Waals surface area contributed by atoms with E-state index in [0.717, 1.165) is 31.1 Å². The first kappa shape index (κ1) is 24.2. The number of nitrogens with one attached hydrogen (secondary N) is 1. The molecule has 1 aromatic heterocycles. The normalized spacial score (nSPS) is 17.4. The second-order valence-electron chi connectivity index (χ2n) is 10.8. The summed E-state index contributed by atoms with van der Waals surface area (Å²) < 4.78 is 7.20. The van der Waals surface area contributed by atoms with Gasteiger partial charge >= 0.3 is 0 Å². The number of benzene rings is 2. The Morgan fingerprint density at radius 1 is 1.00 bits per heavy atom. The van der Waals surface area contributed by atoms with Crippen molar-refractivity contribution in [2.24, 2.45) is 0 Å². The Balaban J connectivity index is 1.32. The van der Waals surface area contributed by atoms with Crippen molar-refractivity contribution in [1.29, 1.82) is 0 Å². The Morgan fingerprint density at radius 3 is 2.11 bits per heavy atom. The van der Waals surface area contributed by atoms with E-state index in [2.05, 4.69) is 96.6 Å². The van der Waals surface area contributed by atoms with Crippen molar-refractivity contribution in [3.63, 3.8) is 0 Å². The summed E-state index contributed by atoms with van der Waals surface area (Å²) in [5, 5.41) is 8.50. The molecule has 1 saturated heterocycles. The number of aromatic nitrogens is 1. The van der Waals surface area contributed by atoms with Gasteiger partial charge < -0.3 is 14.6 Å². The zero-order valence-electron chi connectivity index (χ0n) is 20.9. The summed E-state index contributed by atoms with van der Waals surface area (Å²) in [6.07, 6.45) is 4.69. The van der Waals surface area contributed by atoms with E-state index >= 15 is 0 Å². The van der Waals surface area contributed by atoms with E-state index in [4.69, 9.17) is 4.43 Å². The molecule has 2 heterocycles. The maximum Gasteiger partial charge on any atom is 0.271 e. The van der Waals surface area contributed by atoms with Crippen molar-refractivity contribution in [3.05, 3.63) is 71.7 Å². The van der Waals surface area contributed by atoms with Crippen LogP contribution in [0.25, 0.3) is 0 Å². The van der Waals surface area contributed by atoms with Gasteiger partial charge in [-0.25, -0.2) is 4.98 Å². The maximum absolute atomic E-state index is 12.6. The third kappa shape index (κ3) is 4.81. The zero-order valence-corrected chi connectivity index (χ0v) is 22.7. The third-order valence-corrected chi connectivity index (χ3v) is 13.3. The van der Waals surface area contributed by atoms with Crippen LogP contribution in [0.4, 0.5) is 5.13 Å². The average Bonchev–Trinajstić information content (AvgIpc) is 3.51. The van der Waals surface area contributed by atoms with Crippen LogP contribution in [0.2, 0.25) is 5.04 Å². The van der Waals surface area contributed by atoms with Crippen LogP contribution in [0.1, 0.15) is 56.9 Å². The van der Waals surface area contributed by atoms with Gasteiger partial charge in [0.15, 0.2) is 5.13 Å². The van der Waals surface area contributed by atoms with Crippen molar-refractivity contribution in [2.75, 3.05) is 18.0 Å². The molecular weight excluding hydrogens is 470 g/mol. The molecule has 0 atom stereocenters. The van der Waals surface area contributed by atoms with E-state index in [1.54, 1.807) is 11.3 Å². The van der Waals surface area contributed by atoms with Crippen LogP contribution < -0.4 is 20.6 Å². The molecule has 7 heteroatoms. The van der Waals surface area contributed by atoms with Gasteiger partial charge in [0.05, 0.1) is 6.10 Å². The fourth-order valence-electron chi connectivity index (χ4n) is 5.45. The summed E-state index contributed by atoms with van der Waals surface area (Å²) in [5.74, 6) is -0.0416. The van der Waals surface area contributed by atoms with Crippen molar-refractivity contribution >= 4 is 41.1 Å². The highest BCUT2D eigenvalue weighted by Crippen LogP contribution is 2.39. The molecule has 0 bridgehead atoms. The molecule has 3 aromatic rings. The average molecular weight is 506 g/mol. The number of carbonyl (C=O) groups is 1. The van der Waals surface area contributed by atoms with Crippen LogP contribution in [0.3, 0.4) is 0 Å². The molecular formula is C28H35N3O2SSi. The van der Waals surface area contributed by atoms with Crippen LogP contribution in [0.15, 0.2) is 66.0 Å². The van der Waals surface area contributed by atoms with Crippen molar-refractivity contribution in [1.82, 2.24) is 10.3 Å². The molecule has 0 spiro atoms. The lowest BCUT2D eigenvalue weighted by atomic mass is 10.2. The molecule has 35 heavy (non-hydrogen) atoms. The predicted octanol–water partition coefficient (Wildman–Crippen LogP) is 4.58. The predicted molar refractivity (Wildman–Crippen MR) is 147 cm³/mol. The summed E-state index contributed by atoms with van der Waals surface area (Å²) in [5.41, 5.74) is 0.535. The number of nitrogens with zero attached hydrogens (tertiary/aromatic N) is 2. The quantitative estimate of drug-likeness (QED) is 0.478. The number of amides is 1. The molecule has 1 aliphatic carbocycles. The molecule has 1 saturated carbocycles. The maximum atomic E-state index is 12.6. The summed E-state index contributed by atoms with van der Waals surface area (Å²) in [7, 11) is -2.55. The minimum Gasteiger partial charge on any atom is -0.401 e. The highest BCUT2D eigenvalue weighted by Gasteiger charge is 2.52. The van der Waals surface area contributed by atoms with Crippen molar-refractivity contribution in [2.45, 2.75) is 63.6 Å². The van der Waals surface area contributed by atoms with Crippen molar-refractivity contribution in [3.8, 4) is 0 Å². The van der Waals surface area contributed by atoms with Gasteiger partial charge in [-0.1, -0.05) is 94.3 Å². The van der Waals surface area contributed by atoms with E-state index in [1.807, 2.05) is 5.38 Å². The van der Waals surface area contributed by atoms with Gasteiger partial charge in [0.2, 0.25) is 0 Å². The van der Waals surface area contributed by atoms with E-state index in [0.29, 0.717) is 11.7 Å². The Labute approximate surface area is 213 Å². The first-order valence-electron chi connectivity index (χ1n) is 12.7. The van der Waals surface area contributed by atoms with Gasteiger partial charge in [-0.2, -0.15) is 0 Å². The third-order valence-electron chi connectivity index (χ3n) is 7.29. The summed E-state index contributed by atoms with van der Waals surface area (Å²) in [6, 6.07) is 21.9. The van der Waals surface area contributed by atoms with Crippen molar-refractivity contribution < 1.29 is 9.22 Å². The van der Waals surface area contributed by atoms with Crippen LogP contribution >= 0.6 is 11.3 Å². The van der Waals surface area contributed by atoms with E-state index < -0.39 is 8.32 Å². The molecule has 1 aliphatic heterocycles. The molecule has 5 nitrogen and oxygen atoms in total. The Bertz CT molecular complexity index is 1090. The summed E-state index contributed by atoms with van der Waals surface area (Å²) in [6.45, 7) is 8.52. The summed E-state index contributed by atoms with van der Waals surface area (Å²) in [4.78, 5) is 19.5. The molecule has 0 unspecified atom stereocenters. The van der Waals surface area contributed by atoms with Gasteiger partial charge in [-0.3, -0.25) is 4.79 Å². The van der Waals surface area contributed by atoms with Crippen LogP contribution in [0.5, 0.6) is 0 Å². The second-order valence-corrected chi connectivity index (χ2v) is 15.9. The number of hydrogen-bond donors (Lipinski definition) is 1. The van der Waals surface area contributed by atoms with Crippen LogP contribution in [-0.4, -0.2) is 44.4 Å². The number of hydrogen-bond acceptors (Lipinski definition) is 5. The molecule has 184 valence electrons. The number of anilines is 1. The zero-order chi connectivity index (χ0) is 24.5. The largest absolute Gasteiger partial charge is 0.401 e. The van der Waals surface area contributed by atoms with Gasteiger partial charge in [0.25, 0.3) is 14.2 Å². The van der Waals surface area contributed by atoms with Gasteiger partial charge in [-0.05, 0) is 28.3 Å². The van der Waals surface area contributed by atoms with E-state index in [-0.39, 0.29) is 17.0 Å². The Kier molecular flexibility index (Phi) is 6.83. The first-order chi connectivity index (χ1) is 16.9. The van der Waals surface area contributed by atoms with Gasteiger partial charge in [-0.15, -0.1) is 11.3 Å². The minimum absolute atomic E-state index is 0.0389. The minimum atomic E-state index is -2.55. The summed E-state index contributed by atoms with van der Waals surface area (Å²) >= 11 is 1.55. The highest BCUT2D eigenvalue weighted by atomic mass is 32.1. The number of thiazole rings is 1. The van der Waals surface area contributed by atoms with Crippen LogP contribution in [0, 0.1) is 0 Å². The lowest BCUT2D eigenvalue weighted by Crippen LogP contribution is -2.70. The van der Waals surface area contributed by atoms with Gasteiger partial charge in [0.1, 0.15) is 5.69 Å². The standard InChI is InChI=1S/C28H35N3O2SSi/c1-28(2,3)35(23-14-6-4-7-15-23,24-16-8-5-9-17-24)33-22-18-31(19-22)27-30-25(20-34-27)26(32)29-21-12-10-11-13-21/h4-9,14-17,20-22H,10-13,18-19H2,1-3H3,(H,29,32). The molecule has 0 radical (unpaired) electrons. The van der Waals surface area contributed by atoms with E-state index in [9.17, 15) is 4.79 Å². The van der Waals surface area contributed by atoms with E-state index in [1.165, 1.54) is 23.2 Å².